The van der Waals surface area contributed by atoms with Crippen molar-refractivity contribution in [1.82, 2.24) is 10.3 Å². The van der Waals surface area contributed by atoms with Crippen molar-refractivity contribution in [3.63, 3.8) is 0 Å². The number of aromatic amines is 1. The lowest BCUT2D eigenvalue weighted by Crippen LogP contribution is -2.18. The van der Waals surface area contributed by atoms with Crippen molar-refractivity contribution < 1.29 is 13.6 Å². The smallest absolute Gasteiger partial charge is 0.255 e. The number of hydrogen-bond acceptors (Lipinski definition) is 3. The third-order valence-electron chi connectivity index (χ3n) is 4.84. The standard InChI is InChI=1S/C20H16F2N2O2/c21-15-7-6-14(16-5-2-9-23-16)18(22)17(15)19(25)12-3-1-4-13-11(12)8-10-24-20(13)26/h1,3-4,6-8,10,16,23H,2,5,9H2,(H,24,26). The molecule has 1 fully saturated rings. The second-order valence-corrected chi connectivity index (χ2v) is 6.38. The molecule has 1 saturated heterocycles. The molecule has 0 saturated carbocycles. The molecule has 4 nitrogen and oxygen atoms in total. The van der Waals surface area contributed by atoms with E-state index in [-0.39, 0.29) is 17.2 Å². The van der Waals surface area contributed by atoms with E-state index in [4.69, 9.17) is 0 Å². The Balaban J connectivity index is 1.88. The van der Waals surface area contributed by atoms with Crippen LogP contribution in [0.15, 0.2) is 47.4 Å². The molecule has 1 aromatic heterocycles. The van der Waals surface area contributed by atoms with E-state index in [1.807, 2.05) is 0 Å². The first-order valence-electron chi connectivity index (χ1n) is 8.44. The van der Waals surface area contributed by atoms with Crippen molar-refractivity contribution in [2.75, 3.05) is 6.54 Å². The summed E-state index contributed by atoms with van der Waals surface area (Å²) in [5.41, 5.74) is -0.542. The minimum Gasteiger partial charge on any atom is -0.329 e. The SMILES string of the molecule is O=C(c1c(F)ccc(C2CCCN2)c1F)c1cccc2c(=O)[nH]ccc12. The molecule has 2 aromatic carbocycles. The molecule has 2 heterocycles. The molecule has 0 spiro atoms. The molecule has 0 radical (unpaired) electrons. The Kier molecular flexibility index (Phi) is 4.12. The normalized spacial score (nSPS) is 16.9. The predicted molar refractivity (Wildman–Crippen MR) is 94.3 cm³/mol. The molecule has 1 aliphatic heterocycles. The zero-order chi connectivity index (χ0) is 18.3. The van der Waals surface area contributed by atoms with Gasteiger partial charge in [-0.05, 0) is 43.0 Å². The van der Waals surface area contributed by atoms with Crippen LogP contribution in [0, 0.1) is 11.6 Å². The number of carbonyl (C=O) groups excluding carboxylic acids is 1. The summed E-state index contributed by atoms with van der Waals surface area (Å²) in [6.07, 6.45) is 3.05. The number of nitrogens with one attached hydrogen (secondary N) is 2. The van der Waals surface area contributed by atoms with Gasteiger partial charge < -0.3 is 10.3 Å². The summed E-state index contributed by atoms with van der Waals surface area (Å²) in [5, 5.41) is 3.82. The minimum atomic E-state index is -0.906. The number of hydrogen-bond donors (Lipinski definition) is 2. The topological polar surface area (TPSA) is 62.0 Å². The Bertz CT molecular complexity index is 1070. The van der Waals surface area contributed by atoms with Gasteiger partial charge in [0.25, 0.3) is 5.56 Å². The van der Waals surface area contributed by atoms with Gasteiger partial charge in [0.2, 0.25) is 0 Å². The number of ketones is 1. The van der Waals surface area contributed by atoms with Gasteiger partial charge in [-0.25, -0.2) is 8.78 Å². The Hall–Kier alpha value is -2.86. The number of benzene rings is 2. The fourth-order valence-electron chi connectivity index (χ4n) is 3.55. The number of H-pyrrole nitrogens is 1. The van der Waals surface area contributed by atoms with Gasteiger partial charge in [-0.2, -0.15) is 0 Å². The molecule has 1 aliphatic rings. The van der Waals surface area contributed by atoms with E-state index in [9.17, 15) is 14.0 Å². The fourth-order valence-corrected chi connectivity index (χ4v) is 3.55. The van der Waals surface area contributed by atoms with Crippen LogP contribution < -0.4 is 10.9 Å². The minimum absolute atomic E-state index is 0.0999. The highest BCUT2D eigenvalue weighted by Crippen LogP contribution is 2.30. The van der Waals surface area contributed by atoms with Crippen LogP contribution in [0.3, 0.4) is 0 Å². The monoisotopic (exact) mass is 354 g/mol. The highest BCUT2D eigenvalue weighted by atomic mass is 19.1. The maximum Gasteiger partial charge on any atom is 0.255 e. The summed E-state index contributed by atoms with van der Waals surface area (Å²) < 4.78 is 29.4. The maximum absolute atomic E-state index is 15.0. The molecular weight excluding hydrogens is 338 g/mol. The van der Waals surface area contributed by atoms with Gasteiger partial charge in [0.05, 0.1) is 5.56 Å². The van der Waals surface area contributed by atoms with Gasteiger partial charge >= 0.3 is 0 Å². The second kappa shape index (κ2) is 6.46. The third kappa shape index (κ3) is 2.63. The average Bonchev–Trinajstić information content (AvgIpc) is 3.16. The molecule has 2 N–H and O–H groups in total. The molecule has 6 heteroatoms. The van der Waals surface area contributed by atoms with Crippen molar-refractivity contribution in [2.24, 2.45) is 0 Å². The maximum atomic E-state index is 15.0. The summed E-state index contributed by atoms with van der Waals surface area (Å²) in [4.78, 5) is 27.4. The molecule has 132 valence electrons. The van der Waals surface area contributed by atoms with Crippen molar-refractivity contribution in [2.45, 2.75) is 18.9 Å². The zero-order valence-electron chi connectivity index (χ0n) is 13.8. The van der Waals surface area contributed by atoms with E-state index < -0.39 is 23.0 Å². The molecule has 0 aliphatic carbocycles. The Morgan fingerprint density at radius 1 is 1.08 bits per heavy atom. The van der Waals surface area contributed by atoms with Crippen LogP contribution >= 0.6 is 0 Å². The van der Waals surface area contributed by atoms with Crippen molar-refractivity contribution >= 4 is 16.6 Å². The molecule has 3 aromatic rings. The Morgan fingerprint density at radius 3 is 2.69 bits per heavy atom. The Morgan fingerprint density at radius 2 is 1.92 bits per heavy atom. The summed E-state index contributed by atoms with van der Waals surface area (Å²) in [7, 11) is 0. The zero-order valence-corrected chi connectivity index (χ0v) is 13.8. The van der Waals surface area contributed by atoms with Crippen LogP contribution in [0.1, 0.15) is 40.4 Å². The molecule has 1 unspecified atom stereocenters. The van der Waals surface area contributed by atoms with Gasteiger partial charge in [-0.1, -0.05) is 18.2 Å². The molecule has 4 rings (SSSR count). The number of pyridine rings is 1. The second-order valence-electron chi connectivity index (χ2n) is 6.38. The highest BCUT2D eigenvalue weighted by Gasteiger charge is 2.27. The lowest BCUT2D eigenvalue weighted by atomic mass is 9.94. The lowest BCUT2D eigenvalue weighted by molar-refractivity contribution is 0.103. The van der Waals surface area contributed by atoms with E-state index in [2.05, 4.69) is 10.3 Å². The van der Waals surface area contributed by atoms with Crippen LogP contribution in [-0.2, 0) is 0 Å². The summed E-state index contributed by atoms with van der Waals surface area (Å²) in [6.45, 7) is 0.761. The van der Waals surface area contributed by atoms with Crippen LogP contribution in [0.2, 0.25) is 0 Å². The highest BCUT2D eigenvalue weighted by molar-refractivity contribution is 6.16. The number of fused-ring (bicyclic) bond motifs is 1. The molecule has 0 bridgehead atoms. The average molecular weight is 354 g/mol. The largest absolute Gasteiger partial charge is 0.329 e. The van der Waals surface area contributed by atoms with Crippen LogP contribution in [-0.4, -0.2) is 17.3 Å². The Labute approximate surface area is 147 Å². The van der Waals surface area contributed by atoms with Crippen LogP contribution in [0.4, 0.5) is 8.78 Å². The number of halogens is 2. The van der Waals surface area contributed by atoms with Gasteiger partial charge in [-0.15, -0.1) is 0 Å². The number of aromatic nitrogens is 1. The van der Waals surface area contributed by atoms with Gasteiger partial charge in [0.15, 0.2) is 5.78 Å². The van der Waals surface area contributed by atoms with E-state index in [1.165, 1.54) is 24.4 Å². The van der Waals surface area contributed by atoms with Crippen LogP contribution in [0.25, 0.3) is 10.8 Å². The molecule has 0 amide bonds. The van der Waals surface area contributed by atoms with Crippen LogP contribution in [0.5, 0.6) is 0 Å². The van der Waals surface area contributed by atoms with Gasteiger partial charge in [0.1, 0.15) is 11.6 Å². The first-order chi connectivity index (χ1) is 12.6. The van der Waals surface area contributed by atoms with E-state index in [0.717, 1.165) is 25.5 Å². The predicted octanol–water partition coefficient (Wildman–Crippen LogP) is 3.46. The van der Waals surface area contributed by atoms with E-state index >= 15 is 4.39 Å². The number of carbonyl (C=O) groups is 1. The first-order valence-corrected chi connectivity index (χ1v) is 8.44. The molecule has 26 heavy (non-hydrogen) atoms. The van der Waals surface area contributed by atoms with Crippen molar-refractivity contribution in [3.05, 3.63) is 81.3 Å². The lowest BCUT2D eigenvalue weighted by Gasteiger charge is -2.15. The van der Waals surface area contributed by atoms with Crippen molar-refractivity contribution in [3.8, 4) is 0 Å². The number of rotatable bonds is 3. The summed E-state index contributed by atoms with van der Waals surface area (Å²) in [5.74, 6) is -2.51. The summed E-state index contributed by atoms with van der Waals surface area (Å²) >= 11 is 0. The van der Waals surface area contributed by atoms with Gasteiger partial charge in [-0.3, -0.25) is 9.59 Å². The third-order valence-corrected chi connectivity index (χ3v) is 4.84. The van der Waals surface area contributed by atoms with E-state index in [1.54, 1.807) is 12.1 Å². The quantitative estimate of drug-likeness (QED) is 0.708. The fraction of sp³-hybridized carbons (Fsp3) is 0.200. The first kappa shape index (κ1) is 16.6. The molecular formula is C20H16F2N2O2. The molecule has 1 atom stereocenters. The van der Waals surface area contributed by atoms with E-state index in [0.29, 0.717) is 16.3 Å². The van der Waals surface area contributed by atoms with Crippen molar-refractivity contribution in [1.29, 1.82) is 0 Å². The summed E-state index contributed by atoms with van der Waals surface area (Å²) in [6, 6.07) is 8.42. The van der Waals surface area contributed by atoms with Gasteiger partial charge in [0, 0.05) is 28.8 Å².